The predicted molar refractivity (Wildman–Crippen MR) is 73.2 cm³/mol. The van der Waals surface area contributed by atoms with E-state index in [0.29, 0.717) is 9.90 Å². The van der Waals surface area contributed by atoms with Gasteiger partial charge in [-0.25, -0.2) is 0 Å². The van der Waals surface area contributed by atoms with Crippen molar-refractivity contribution in [1.29, 1.82) is 0 Å². The number of carbonyl (C=O) groups excluding carboxylic acids is 1. The summed E-state index contributed by atoms with van der Waals surface area (Å²) in [7, 11) is 0. The number of rotatable bonds is 4. The zero-order chi connectivity index (χ0) is 12.3. The first-order valence-corrected chi connectivity index (χ1v) is 7.11. The topological polar surface area (TPSA) is 30.0 Å². The summed E-state index contributed by atoms with van der Waals surface area (Å²) in [6, 6.07) is 9.66. The Balaban J connectivity index is 2.23. The highest BCUT2D eigenvalue weighted by Crippen LogP contribution is 2.41. The number of carbonyl (C=O) groups is 1. The third-order valence-electron chi connectivity index (χ3n) is 2.01. The quantitative estimate of drug-likeness (QED) is 0.616. The van der Waals surface area contributed by atoms with E-state index in [1.807, 2.05) is 30.3 Å². The average molecular weight is 304 g/mol. The van der Waals surface area contributed by atoms with E-state index in [0.717, 1.165) is 22.7 Å². The van der Waals surface area contributed by atoms with Crippen LogP contribution in [0.2, 0.25) is 10.2 Å². The van der Waals surface area contributed by atoms with Gasteiger partial charge in [-0.2, -0.15) is 4.37 Å². The van der Waals surface area contributed by atoms with Gasteiger partial charge in [0.25, 0.3) is 0 Å². The van der Waals surface area contributed by atoms with Gasteiger partial charge in [-0.05, 0) is 23.7 Å². The van der Waals surface area contributed by atoms with Gasteiger partial charge in [0.05, 0.1) is 9.90 Å². The molecule has 17 heavy (non-hydrogen) atoms. The lowest BCUT2D eigenvalue weighted by atomic mass is 10.4. The van der Waals surface area contributed by atoms with Crippen LogP contribution in [0.15, 0.2) is 35.2 Å². The van der Waals surface area contributed by atoms with E-state index in [9.17, 15) is 4.79 Å². The number of hydrogen-bond acceptors (Lipinski definition) is 4. The van der Waals surface area contributed by atoms with E-state index in [1.54, 1.807) is 0 Å². The lowest BCUT2D eigenvalue weighted by molar-refractivity contribution is -0.107. The Morgan fingerprint density at radius 3 is 2.53 bits per heavy atom. The molecule has 6 heteroatoms. The fraction of sp³-hybridized carbons (Fsp3) is 0.0909. The molecule has 1 heterocycles. The van der Waals surface area contributed by atoms with Crippen LogP contribution >= 0.6 is 46.5 Å². The van der Waals surface area contributed by atoms with Crippen molar-refractivity contribution >= 4 is 52.8 Å². The molecule has 1 unspecified atom stereocenters. The first-order chi connectivity index (χ1) is 8.22. The number of nitrogens with zero attached hydrogens (tertiary/aromatic N) is 1. The van der Waals surface area contributed by atoms with Gasteiger partial charge in [0.15, 0.2) is 5.15 Å². The molecule has 1 aromatic heterocycles. The molecular formula is C11H7Cl2NOS2. The Hall–Kier alpha value is -0.550. The Labute approximate surface area is 117 Å². The number of aromatic nitrogens is 1. The van der Waals surface area contributed by atoms with Crippen LogP contribution in [0.3, 0.4) is 0 Å². The largest absolute Gasteiger partial charge is 0.302 e. The average Bonchev–Trinajstić information content (AvgIpc) is 2.69. The number of hydrogen-bond donors (Lipinski definition) is 0. The van der Waals surface area contributed by atoms with Gasteiger partial charge in [0.2, 0.25) is 0 Å². The second kappa shape index (κ2) is 5.87. The molecule has 0 aliphatic rings. The normalized spacial score (nSPS) is 12.4. The fourth-order valence-corrected chi connectivity index (χ4v) is 3.64. The minimum absolute atomic E-state index is 0.257. The molecule has 0 bridgehead atoms. The number of aldehydes is 1. The highest BCUT2D eigenvalue weighted by atomic mass is 35.5. The highest BCUT2D eigenvalue weighted by molar-refractivity contribution is 8.00. The monoisotopic (exact) mass is 303 g/mol. The Morgan fingerprint density at radius 2 is 2.00 bits per heavy atom. The lowest BCUT2D eigenvalue weighted by Gasteiger charge is -2.07. The van der Waals surface area contributed by atoms with Gasteiger partial charge in [-0.3, -0.25) is 0 Å². The standard InChI is InChI=1S/C11H7Cl2NOS2/c12-9-10(17-14-11(9)13)8(6-15)16-7-4-2-1-3-5-7/h1-6,8H. The van der Waals surface area contributed by atoms with Gasteiger partial charge in [-0.15, -0.1) is 11.8 Å². The van der Waals surface area contributed by atoms with Gasteiger partial charge >= 0.3 is 0 Å². The van der Waals surface area contributed by atoms with Gasteiger partial charge in [0.1, 0.15) is 11.5 Å². The molecule has 0 aliphatic carbocycles. The zero-order valence-electron chi connectivity index (χ0n) is 8.47. The molecule has 0 saturated heterocycles. The van der Waals surface area contributed by atoms with E-state index < -0.39 is 0 Å². The van der Waals surface area contributed by atoms with Crippen molar-refractivity contribution in [2.75, 3.05) is 0 Å². The predicted octanol–water partition coefficient (Wildman–Crippen LogP) is 4.48. The molecule has 1 atom stereocenters. The van der Waals surface area contributed by atoms with Crippen molar-refractivity contribution in [1.82, 2.24) is 4.37 Å². The lowest BCUT2D eigenvalue weighted by Crippen LogP contribution is -1.92. The second-order valence-electron chi connectivity index (χ2n) is 3.14. The Morgan fingerprint density at radius 1 is 1.29 bits per heavy atom. The van der Waals surface area contributed by atoms with Crippen molar-refractivity contribution < 1.29 is 4.79 Å². The molecule has 0 saturated carbocycles. The number of benzene rings is 1. The van der Waals surface area contributed by atoms with Gasteiger partial charge in [0, 0.05) is 4.90 Å². The molecule has 0 N–H and O–H groups in total. The third-order valence-corrected chi connectivity index (χ3v) is 5.20. The second-order valence-corrected chi connectivity index (χ2v) is 5.90. The van der Waals surface area contributed by atoms with Crippen LogP contribution in [-0.2, 0) is 4.79 Å². The van der Waals surface area contributed by atoms with Crippen LogP contribution in [0.5, 0.6) is 0 Å². The van der Waals surface area contributed by atoms with Crippen LogP contribution in [0, 0.1) is 0 Å². The first-order valence-electron chi connectivity index (χ1n) is 4.70. The summed E-state index contributed by atoms with van der Waals surface area (Å²) in [5, 5.41) is 0.263. The van der Waals surface area contributed by atoms with Crippen molar-refractivity contribution in [3.8, 4) is 0 Å². The number of halogens is 2. The van der Waals surface area contributed by atoms with E-state index in [-0.39, 0.29) is 10.4 Å². The third kappa shape index (κ3) is 3.01. The molecule has 2 nitrogen and oxygen atoms in total. The van der Waals surface area contributed by atoms with E-state index in [1.165, 1.54) is 11.8 Å². The van der Waals surface area contributed by atoms with Crippen LogP contribution in [0.25, 0.3) is 0 Å². The van der Waals surface area contributed by atoms with Gasteiger partial charge in [-0.1, -0.05) is 41.4 Å². The molecule has 88 valence electrons. The van der Waals surface area contributed by atoms with Crippen molar-refractivity contribution in [2.45, 2.75) is 10.1 Å². The van der Waals surface area contributed by atoms with Crippen LogP contribution < -0.4 is 0 Å². The van der Waals surface area contributed by atoms with E-state index >= 15 is 0 Å². The van der Waals surface area contributed by atoms with E-state index in [4.69, 9.17) is 23.2 Å². The summed E-state index contributed by atoms with van der Waals surface area (Å²) in [4.78, 5) is 12.8. The summed E-state index contributed by atoms with van der Waals surface area (Å²) < 4.78 is 3.93. The minimum atomic E-state index is -0.366. The van der Waals surface area contributed by atoms with Crippen LogP contribution in [0.1, 0.15) is 10.1 Å². The Kier molecular flexibility index (Phi) is 4.45. The van der Waals surface area contributed by atoms with Crippen molar-refractivity contribution in [3.05, 3.63) is 45.4 Å². The maximum absolute atomic E-state index is 11.1. The fourth-order valence-electron chi connectivity index (χ4n) is 1.24. The number of thioether (sulfide) groups is 1. The summed E-state index contributed by atoms with van der Waals surface area (Å²) in [6.45, 7) is 0. The molecule has 0 aliphatic heterocycles. The minimum Gasteiger partial charge on any atom is -0.302 e. The molecule has 0 fully saturated rings. The van der Waals surface area contributed by atoms with Crippen LogP contribution in [0.4, 0.5) is 0 Å². The maximum Gasteiger partial charge on any atom is 0.161 e. The summed E-state index contributed by atoms with van der Waals surface area (Å²) in [6.07, 6.45) is 0.855. The maximum atomic E-state index is 11.1. The molecule has 0 spiro atoms. The van der Waals surface area contributed by atoms with Crippen molar-refractivity contribution in [2.24, 2.45) is 0 Å². The first kappa shape index (κ1) is 12.9. The molecule has 0 radical (unpaired) electrons. The molecule has 0 amide bonds. The van der Waals surface area contributed by atoms with Gasteiger partial charge < -0.3 is 4.79 Å². The molecule has 2 rings (SSSR count). The van der Waals surface area contributed by atoms with Crippen molar-refractivity contribution in [3.63, 3.8) is 0 Å². The smallest absolute Gasteiger partial charge is 0.161 e. The highest BCUT2D eigenvalue weighted by Gasteiger charge is 2.20. The zero-order valence-corrected chi connectivity index (χ0v) is 11.6. The SMILES string of the molecule is O=CC(Sc1ccccc1)c1snc(Cl)c1Cl. The molecule has 1 aromatic carbocycles. The molecular weight excluding hydrogens is 297 g/mol. The summed E-state index contributed by atoms with van der Waals surface area (Å²) in [5.41, 5.74) is 0. The summed E-state index contributed by atoms with van der Waals surface area (Å²) in [5.74, 6) is 0. The van der Waals surface area contributed by atoms with E-state index in [2.05, 4.69) is 4.37 Å². The Bertz CT molecular complexity index is 515. The summed E-state index contributed by atoms with van der Waals surface area (Å²) >= 11 is 14.4. The van der Waals surface area contributed by atoms with Crippen LogP contribution in [-0.4, -0.2) is 10.7 Å². The molecule has 2 aromatic rings.